The number of hydrogen-bond donors (Lipinski definition) is 1. The maximum atomic E-state index is 12.1. The highest BCUT2D eigenvalue weighted by molar-refractivity contribution is 5.80. The van der Waals surface area contributed by atoms with E-state index in [0.717, 1.165) is 19.0 Å². The molecule has 2 rings (SSSR count). The first-order valence-electron chi connectivity index (χ1n) is 7.71. The van der Waals surface area contributed by atoms with Gasteiger partial charge in [-0.25, -0.2) is 0 Å². The summed E-state index contributed by atoms with van der Waals surface area (Å²) < 4.78 is 5.22. The van der Waals surface area contributed by atoms with E-state index in [1.807, 2.05) is 20.9 Å². The molecular formula is C15H28N2O2. The Hall–Kier alpha value is -0.610. The van der Waals surface area contributed by atoms with Gasteiger partial charge in [0.2, 0.25) is 0 Å². The molecule has 0 aromatic heterocycles. The van der Waals surface area contributed by atoms with Crippen LogP contribution in [0.5, 0.6) is 0 Å². The fourth-order valence-corrected chi connectivity index (χ4v) is 3.64. The van der Waals surface area contributed by atoms with E-state index in [2.05, 4.69) is 10.2 Å². The summed E-state index contributed by atoms with van der Waals surface area (Å²) in [4.78, 5) is 14.6. The van der Waals surface area contributed by atoms with Crippen LogP contribution < -0.4 is 5.32 Å². The van der Waals surface area contributed by atoms with Gasteiger partial charge in [0, 0.05) is 12.6 Å². The number of likely N-dealkylation sites (N-methyl/N-ethyl adjacent to an activating group) is 1. The van der Waals surface area contributed by atoms with E-state index in [1.165, 1.54) is 32.1 Å². The molecule has 1 aliphatic carbocycles. The molecule has 1 saturated heterocycles. The lowest BCUT2D eigenvalue weighted by Gasteiger charge is -2.37. The summed E-state index contributed by atoms with van der Waals surface area (Å²) >= 11 is 0. The molecule has 0 aromatic carbocycles. The van der Waals surface area contributed by atoms with Gasteiger partial charge in [0.1, 0.15) is 5.54 Å². The van der Waals surface area contributed by atoms with Gasteiger partial charge in [-0.05, 0) is 52.6 Å². The van der Waals surface area contributed by atoms with Crippen LogP contribution in [-0.4, -0.2) is 49.2 Å². The van der Waals surface area contributed by atoms with Crippen LogP contribution in [0, 0.1) is 5.92 Å². The van der Waals surface area contributed by atoms with E-state index in [1.54, 1.807) is 0 Å². The fourth-order valence-electron chi connectivity index (χ4n) is 3.64. The van der Waals surface area contributed by atoms with Gasteiger partial charge in [0.05, 0.1) is 6.61 Å². The van der Waals surface area contributed by atoms with Crippen LogP contribution in [0.1, 0.15) is 46.0 Å². The first-order valence-corrected chi connectivity index (χ1v) is 7.71. The molecule has 1 saturated carbocycles. The first-order chi connectivity index (χ1) is 9.10. The number of rotatable bonds is 5. The number of fused-ring (bicyclic) bond motifs is 1. The molecule has 110 valence electrons. The topological polar surface area (TPSA) is 41.6 Å². The van der Waals surface area contributed by atoms with Crippen LogP contribution in [0.2, 0.25) is 0 Å². The van der Waals surface area contributed by atoms with Gasteiger partial charge >= 0.3 is 5.97 Å². The van der Waals surface area contributed by atoms with Crippen molar-refractivity contribution in [2.24, 2.45) is 5.92 Å². The molecular weight excluding hydrogens is 240 g/mol. The van der Waals surface area contributed by atoms with E-state index < -0.39 is 5.54 Å². The highest BCUT2D eigenvalue weighted by atomic mass is 16.5. The van der Waals surface area contributed by atoms with Gasteiger partial charge in [-0.2, -0.15) is 0 Å². The third kappa shape index (κ3) is 3.11. The van der Waals surface area contributed by atoms with E-state index in [0.29, 0.717) is 12.6 Å². The van der Waals surface area contributed by atoms with E-state index in [-0.39, 0.29) is 5.97 Å². The zero-order valence-corrected chi connectivity index (χ0v) is 12.6. The number of esters is 1. The Morgan fingerprint density at radius 1 is 1.37 bits per heavy atom. The number of carbonyl (C=O) groups is 1. The van der Waals surface area contributed by atoms with Gasteiger partial charge in [0.15, 0.2) is 0 Å². The number of ether oxygens (including phenoxy) is 1. The minimum Gasteiger partial charge on any atom is -0.465 e. The van der Waals surface area contributed by atoms with E-state index >= 15 is 0 Å². The number of likely N-dealkylation sites (tertiary alicyclic amines) is 1. The largest absolute Gasteiger partial charge is 0.465 e. The molecule has 3 atom stereocenters. The van der Waals surface area contributed by atoms with Gasteiger partial charge in [-0.3, -0.25) is 9.69 Å². The molecule has 0 aromatic rings. The molecule has 0 radical (unpaired) electrons. The molecule has 0 bridgehead atoms. The van der Waals surface area contributed by atoms with Gasteiger partial charge < -0.3 is 10.1 Å². The van der Waals surface area contributed by atoms with Crippen molar-refractivity contribution in [2.45, 2.75) is 57.5 Å². The Bertz CT molecular complexity index is 321. The van der Waals surface area contributed by atoms with Gasteiger partial charge in [-0.1, -0.05) is 12.8 Å². The number of nitrogens with one attached hydrogen (secondary N) is 1. The molecule has 2 aliphatic rings. The predicted molar refractivity (Wildman–Crippen MR) is 76.0 cm³/mol. The van der Waals surface area contributed by atoms with Gasteiger partial charge in [0.25, 0.3) is 0 Å². The number of carbonyl (C=O) groups excluding carboxylic acids is 1. The third-order valence-electron chi connectivity index (χ3n) is 4.92. The molecule has 3 unspecified atom stereocenters. The summed E-state index contributed by atoms with van der Waals surface area (Å²) in [6.45, 7) is 6.17. The Balaban J connectivity index is 2.00. The second-order valence-corrected chi connectivity index (χ2v) is 6.17. The Morgan fingerprint density at radius 3 is 2.79 bits per heavy atom. The van der Waals surface area contributed by atoms with Crippen molar-refractivity contribution in [3.63, 3.8) is 0 Å². The summed E-state index contributed by atoms with van der Waals surface area (Å²) in [5.74, 6) is 0.730. The number of hydrogen-bond acceptors (Lipinski definition) is 4. The third-order valence-corrected chi connectivity index (χ3v) is 4.92. The van der Waals surface area contributed by atoms with Crippen LogP contribution in [0.4, 0.5) is 0 Å². The normalized spacial score (nSPS) is 30.7. The minimum absolute atomic E-state index is 0.128. The molecule has 2 fully saturated rings. The van der Waals surface area contributed by atoms with Crippen molar-refractivity contribution in [3.8, 4) is 0 Å². The Kier molecular flexibility index (Phi) is 4.85. The maximum Gasteiger partial charge on any atom is 0.327 e. The monoisotopic (exact) mass is 268 g/mol. The molecule has 4 heteroatoms. The summed E-state index contributed by atoms with van der Waals surface area (Å²) in [6.07, 6.45) is 6.70. The average molecular weight is 268 g/mol. The number of nitrogens with zero attached hydrogens (tertiary/aromatic N) is 1. The molecule has 1 heterocycles. The summed E-state index contributed by atoms with van der Waals surface area (Å²) in [5, 5.41) is 3.17. The van der Waals surface area contributed by atoms with Crippen LogP contribution in [0.25, 0.3) is 0 Å². The van der Waals surface area contributed by atoms with E-state index in [9.17, 15) is 4.79 Å². The molecule has 0 amide bonds. The van der Waals surface area contributed by atoms with Crippen molar-refractivity contribution in [1.82, 2.24) is 10.2 Å². The zero-order valence-electron chi connectivity index (χ0n) is 12.6. The molecule has 4 nitrogen and oxygen atoms in total. The molecule has 1 N–H and O–H groups in total. The van der Waals surface area contributed by atoms with Crippen molar-refractivity contribution in [3.05, 3.63) is 0 Å². The SMILES string of the molecule is CCOC(=O)C(C)(CN1CCC2CCCCC21)NC. The molecule has 19 heavy (non-hydrogen) atoms. The summed E-state index contributed by atoms with van der Waals surface area (Å²) in [7, 11) is 1.85. The highest BCUT2D eigenvalue weighted by Gasteiger charge is 2.42. The first kappa shape index (κ1) is 14.8. The van der Waals surface area contributed by atoms with Crippen LogP contribution in [0.3, 0.4) is 0 Å². The van der Waals surface area contributed by atoms with Crippen molar-refractivity contribution in [1.29, 1.82) is 0 Å². The average Bonchev–Trinajstić information content (AvgIpc) is 2.82. The molecule has 0 spiro atoms. The second kappa shape index (κ2) is 6.23. The Morgan fingerprint density at radius 2 is 2.11 bits per heavy atom. The second-order valence-electron chi connectivity index (χ2n) is 6.17. The standard InChI is InChI=1S/C15H28N2O2/c1-4-19-14(18)15(2,16-3)11-17-10-9-12-7-5-6-8-13(12)17/h12-13,16H,4-11H2,1-3H3. The summed E-state index contributed by atoms with van der Waals surface area (Å²) in [6, 6.07) is 0.691. The lowest BCUT2D eigenvalue weighted by Crippen LogP contribution is -2.57. The van der Waals surface area contributed by atoms with E-state index in [4.69, 9.17) is 4.74 Å². The van der Waals surface area contributed by atoms with Crippen molar-refractivity contribution in [2.75, 3.05) is 26.7 Å². The minimum atomic E-state index is -0.581. The van der Waals surface area contributed by atoms with Crippen LogP contribution in [-0.2, 0) is 9.53 Å². The molecule has 1 aliphatic heterocycles. The quantitative estimate of drug-likeness (QED) is 0.772. The summed E-state index contributed by atoms with van der Waals surface area (Å²) in [5.41, 5.74) is -0.581. The lowest BCUT2D eigenvalue weighted by atomic mass is 9.85. The zero-order chi connectivity index (χ0) is 13.9. The Labute approximate surface area is 116 Å². The predicted octanol–water partition coefficient (Wildman–Crippen LogP) is 1.79. The van der Waals surface area contributed by atoms with Crippen molar-refractivity contribution >= 4 is 5.97 Å². The maximum absolute atomic E-state index is 12.1. The highest BCUT2D eigenvalue weighted by Crippen LogP contribution is 2.36. The lowest BCUT2D eigenvalue weighted by molar-refractivity contribution is -0.151. The fraction of sp³-hybridized carbons (Fsp3) is 0.933. The van der Waals surface area contributed by atoms with Crippen LogP contribution >= 0.6 is 0 Å². The van der Waals surface area contributed by atoms with Crippen molar-refractivity contribution < 1.29 is 9.53 Å². The smallest absolute Gasteiger partial charge is 0.327 e. The van der Waals surface area contributed by atoms with Crippen LogP contribution in [0.15, 0.2) is 0 Å². The van der Waals surface area contributed by atoms with Gasteiger partial charge in [-0.15, -0.1) is 0 Å².